The van der Waals surface area contributed by atoms with Crippen molar-refractivity contribution in [1.29, 1.82) is 0 Å². The summed E-state index contributed by atoms with van der Waals surface area (Å²) in [6.45, 7) is -2.10. The molecule has 0 bridgehead atoms. The number of hydrogen-bond acceptors (Lipinski definition) is 9. The van der Waals surface area contributed by atoms with Gasteiger partial charge in [0.15, 0.2) is 0 Å². The summed E-state index contributed by atoms with van der Waals surface area (Å²) < 4.78 is 179. The minimum Gasteiger partial charge on any atom is -0.389 e. The first kappa shape index (κ1) is 33.3. The van der Waals surface area contributed by atoms with Gasteiger partial charge in [0.2, 0.25) is 24.6 Å². The zero-order chi connectivity index (χ0) is 30.1. The van der Waals surface area contributed by atoms with Gasteiger partial charge in [-0.1, -0.05) is 6.92 Å². The van der Waals surface area contributed by atoms with Crippen LogP contribution in [-0.4, -0.2) is 85.5 Å². The summed E-state index contributed by atoms with van der Waals surface area (Å²) >= 11 is 0. The molecule has 2 heterocycles. The summed E-state index contributed by atoms with van der Waals surface area (Å²) in [6.07, 6.45) is -29.4. The zero-order valence-corrected chi connectivity index (χ0v) is 17.8. The second kappa shape index (κ2) is 11.2. The fourth-order valence-electron chi connectivity index (χ4n) is 2.08. The minimum atomic E-state index is -5.73. The molecule has 22 heteroatoms. The second-order valence-corrected chi connectivity index (χ2v) is 6.89. The molecule has 0 spiro atoms. The van der Waals surface area contributed by atoms with Gasteiger partial charge in [0.05, 0.1) is 0 Å². The van der Waals surface area contributed by atoms with E-state index in [9.17, 15) is 76.3 Å². The first-order chi connectivity index (χ1) is 16.9. The molecule has 4 atom stereocenters. The molecule has 0 aromatic carbocycles. The number of cyclic esters (lactones) is 4. The number of carbonyl (C=O) groups excluding carboxylic acids is 4. The van der Waals surface area contributed by atoms with Crippen molar-refractivity contribution in [2.24, 2.45) is 0 Å². The second-order valence-electron chi connectivity index (χ2n) is 6.89. The topological polar surface area (TPSA) is 114 Å². The smallest absolute Gasteiger partial charge is 0.389 e. The monoisotopic (exact) mass is 594 g/mol. The largest absolute Gasteiger partial charge is 0.522 e. The van der Waals surface area contributed by atoms with Gasteiger partial charge < -0.3 is 9.47 Å². The van der Waals surface area contributed by atoms with Crippen LogP contribution in [0.2, 0.25) is 0 Å². The van der Waals surface area contributed by atoms with E-state index in [1.807, 2.05) is 0 Å². The number of hydrogen-bond donors (Lipinski definition) is 0. The lowest BCUT2D eigenvalue weighted by atomic mass is 10.2. The van der Waals surface area contributed by atoms with E-state index in [0.717, 1.165) is 6.92 Å². The summed E-state index contributed by atoms with van der Waals surface area (Å²) in [4.78, 5) is 42.4. The van der Waals surface area contributed by atoms with Crippen LogP contribution in [-0.2, 0) is 42.9 Å². The average Bonchev–Trinajstić information content (AvgIpc) is 3.14. The van der Waals surface area contributed by atoms with E-state index in [1.54, 1.807) is 0 Å². The third kappa shape index (κ3) is 7.65. The first-order valence-electron chi connectivity index (χ1n) is 9.26. The van der Waals surface area contributed by atoms with Crippen LogP contribution in [0, 0.1) is 0 Å². The van der Waals surface area contributed by atoms with E-state index < -0.39 is 91.9 Å². The molecular weight excluding hydrogens is 583 g/mol. The van der Waals surface area contributed by atoms with Crippen molar-refractivity contribution in [2.45, 2.75) is 68.3 Å². The Morgan fingerprint density at radius 1 is 0.632 bits per heavy atom. The van der Waals surface area contributed by atoms with E-state index in [4.69, 9.17) is 0 Å². The standard InChI is InChI=1S/C8H4F8O5.C8H7F5O4/c9-2-3(5(18)20-4(2)17)21-7(12,13)6(10,11)1-19-8(14,15)16;1-2-7(10,11)8(12,13)17-4-3(9)5(14)16-6(4)15/h2-3H,1H2;3-4H,2H2,1H3. The molecule has 9 nitrogen and oxygen atoms in total. The normalized spacial score (nSPS) is 25.2. The van der Waals surface area contributed by atoms with Crippen molar-refractivity contribution in [1.82, 2.24) is 0 Å². The highest BCUT2D eigenvalue weighted by Crippen LogP contribution is 2.41. The summed E-state index contributed by atoms with van der Waals surface area (Å²) in [7, 11) is 0. The Kier molecular flexibility index (Phi) is 9.77. The van der Waals surface area contributed by atoms with Crippen LogP contribution in [0.15, 0.2) is 0 Å². The predicted octanol–water partition coefficient (Wildman–Crippen LogP) is 2.99. The lowest BCUT2D eigenvalue weighted by molar-refractivity contribution is -0.399. The van der Waals surface area contributed by atoms with Crippen molar-refractivity contribution in [2.75, 3.05) is 6.61 Å². The molecule has 0 aromatic rings. The van der Waals surface area contributed by atoms with Gasteiger partial charge in [0.1, 0.15) is 6.61 Å². The molecule has 2 aliphatic heterocycles. The molecule has 2 fully saturated rings. The minimum absolute atomic E-state index is 0.752. The SMILES string of the molecule is CCC(F)(F)C(F)(F)OC1C(=O)OC(=O)C1F.O=C1OC(=O)C(OC(F)(F)C(F)(F)COC(F)(F)F)C1F. The van der Waals surface area contributed by atoms with E-state index in [2.05, 4.69) is 23.7 Å². The zero-order valence-electron chi connectivity index (χ0n) is 17.8. The fraction of sp³-hybridized carbons (Fsp3) is 0.750. The Morgan fingerprint density at radius 3 is 1.24 bits per heavy atom. The molecule has 2 rings (SSSR count). The summed E-state index contributed by atoms with van der Waals surface area (Å²) in [5, 5.41) is 0. The van der Waals surface area contributed by atoms with Gasteiger partial charge in [-0.2, -0.15) is 35.1 Å². The molecule has 220 valence electrons. The molecule has 0 aliphatic carbocycles. The van der Waals surface area contributed by atoms with Crippen molar-refractivity contribution >= 4 is 23.9 Å². The maximum absolute atomic E-state index is 13.0. The maximum atomic E-state index is 13.0. The van der Waals surface area contributed by atoms with Crippen molar-refractivity contribution in [3.05, 3.63) is 0 Å². The van der Waals surface area contributed by atoms with Crippen LogP contribution in [0.5, 0.6) is 0 Å². The number of halogens is 13. The van der Waals surface area contributed by atoms with Gasteiger partial charge >= 0.3 is 54.3 Å². The van der Waals surface area contributed by atoms with E-state index in [-0.39, 0.29) is 0 Å². The molecule has 2 aliphatic rings. The highest BCUT2D eigenvalue weighted by atomic mass is 19.4. The Morgan fingerprint density at radius 2 is 0.974 bits per heavy atom. The lowest BCUT2D eigenvalue weighted by Crippen LogP contribution is -2.51. The lowest BCUT2D eigenvalue weighted by Gasteiger charge is -2.27. The molecule has 2 saturated heterocycles. The average molecular weight is 594 g/mol. The number of alkyl halides is 13. The summed E-state index contributed by atoms with van der Waals surface area (Å²) in [6, 6.07) is 0. The first-order valence-corrected chi connectivity index (χ1v) is 9.26. The van der Waals surface area contributed by atoms with E-state index >= 15 is 0 Å². The number of ether oxygens (including phenoxy) is 5. The predicted molar refractivity (Wildman–Crippen MR) is 83.8 cm³/mol. The molecule has 38 heavy (non-hydrogen) atoms. The van der Waals surface area contributed by atoms with Crippen LogP contribution < -0.4 is 0 Å². The Labute approximate surface area is 200 Å². The Hall–Kier alpha value is -2.75. The molecule has 0 amide bonds. The number of esters is 4. The van der Waals surface area contributed by atoms with Crippen LogP contribution in [0.3, 0.4) is 0 Å². The number of rotatable bonds is 9. The van der Waals surface area contributed by atoms with Gasteiger partial charge in [-0.15, -0.1) is 13.2 Å². The summed E-state index contributed by atoms with van der Waals surface area (Å²) in [5.74, 6) is -17.6. The molecule has 0 N–H and O–H groups in total. The third-order valence-corrected chi connectivity index (χ3v) is 4.11. The van der Waals surface area contributed by atoms with Crippen molar-refractivity contribution < 1.29 is 99.9 Å². The molecule has 0 radical (unpaired) electrons. The van der Waals surface area contributed by atoms with Crippen LogP contribution in [0.4, 0.5) is 57.1 Å². The fourth-order valence-corrected chi connectivity index (χ4v) is 2.08. The highest BCUT2D eigenvalue weighted by molar-refractivity contribution is 6.00. The summed E-state index contributed by atoms with van der Waals surface area (Å²) in [5.41, 5.74) is 0. The van der Waals surface area contributed by atoms with E-state index in [0.29, 0.717) is 0 Å². The van der Waals surface area contributed by atoms with Gasteiger partial charge in [-0.25, -0.2) is 28.0 Å². The number of carbonyl (C=O) groups is 4. The Bertz CT molecular complexity index is 921. The van der Waals surface area contributed by atoms with Gasteiger partial charge in [0, 0.05) is 6.42 Å². The quantitative estimate of drug-likeness (QED) is 0.226. The molecule has 0 saturated carbocycles. The van der Waals surface area contributed by atoms with Gasteiger partial charge in [-0.3, -0.25) is 14.2 Å². The van der Waals surface area contributed by atoms with Crippen LogP contribution >= 0.6 is 0 Å². The third-order valence-electron chi connectivity index (χ3n) is 4.11. The van der Waals surface area contributed by atoms with Gasteiger partial charge in [-0.05, 0) is 0 Å². The molecular formula is C16H11F13O9. The maximum Gasteiger partial charge on any atom is 0.522 e. The van der Waals surface area contributed by atoms with E-state index in [1.165, 1.54) is 0 Å². The molecule has 0 aromatic heterocycles. The van der Waals surface area contributed by atoms with Crippen molar-refractivity contribution in [3.63, 3.8) is 0 Å². The van der Waals surface area contributed by atoms with Crippen LogP contribution in [0.1, 0.15) is 13.3 Å². The van der Waals surface area contributed by atoms with Crippen molar-refractivity contribution in [3.8, 4) is 0 Å². The Balaban J connectivity index is 0.000000389. The van der Waals surface area contributed by atoms with Crippen LogP contribution in [0.25, 0.3) is 0 Å². The highest BCUT2D eigenvalue weighted by Gasteiger charge is 2.64. The van der Waals surface area contributed by atoms with Gasteiger partial charge in [0.25, 0.3) is 0 Å². The molecule has 4 unspecified atom stereocenters.